The first-order valence-corrected chi connectivity index (χ1v) is 12.0. The second kappa shape index (κ2) is 8.65. The molecule has 2 aromatic rings. The summed E-state index contributed by atoms with van der Waals surface area (Å²) in [6.07, 6.45) is 2.51. The smallest absolute Gasteiger partial charge is 0.230 e. The van der Waals surface area contributed by atoms with Crippen LogP contribution in [0.1, 0.15) is 37.3 Å². The summed E-state index contributed by atoms with van der Waals surface area (Å²) >= 11 is 0. The zero-order valence-corrected chi connectivity index (χ0v) is 19.4. The summed E-state index contributed by atoms with van der Waals surface area (Å²) in [5, 5.41) is 0. The Morgan fingerprint density at radius 3 is 2.30 bits per heavy atom. The monoisotopic (exact) mass is 445 g/mol. The highest BCUT2D eigenvalue weighted by Crippen LogP contribution is 2.35. The zero-order valence-electron chi connectivity index (χ0n) is 19.4. The predicted octanol–water partition coefficient (Wildman–Crippen LogP) is 3.56. The minimum absolute atomic E-state index is 0.00366. The van der Waals surface area contributed by atoms with Crippen molar-refractivity contribution in [2.45, 2.75) is 45.6 Å². The first kappa shape index (κ1) is 21.7. The molecule has 172 valence electrons. The average molecular weight is 446 g/mol. The summed E-state index contributed by atoms with van der Waals surface area (Å²) in [6.45, 7) is 5.71. The SMILES string of the molecule is Cc1ccc(N2CC(C(=O)N3CCC(C(=O)N4c5ccccc5CC4C)CC3)CC2=O)cc1. The van der Waals surface area contributed by atoms with Crippen molar-refractivity contribution in [3.8, 4) is 0 Å². The van der Waals surface area contributed by atoms with Gasteiger partial charge in [0.25, 0.3) is 0 Å². The molecule has 2 fully saturated rings. The molecule has 6 nitrogen and oxygen atoms in total. The molecule has 3 aliphatic heterocycles. The number of carbonyl (C=O) groups is 3. The predicted molar refractivity (Wildman–Crippen MR) is 128 cm³/mol. The van der Waals surface area contributed by atoms with E-state index >= 15 is 0 Å². The lowest BCUT2D eigenvalue weighted by atomic mass is 9.93. The van der Waals surface area contributed by atoms with Crippen molar-refractivity contribution in [2.24, 2.45) is 11.8 Å². The Morgan fingerprint density at radius 1 is 0.879 bits per heavy atom. The Labute approximate surface area is 195 Å². The van der Waals surface area contributed by atoms with E-state index in [9.17, 15) is 14.4 Å². The van der Waals surface area contributed by atoms with Gasteiger partial charge in [0.1, 0.15) is 0 Å². The molecule has 2 unspecified atom stereocenters. The highest BCUT2D eigenvalue weighted by molar-refractivity contribution is 6.00. The lowest BCUT2D eigenvalue weighted by molar-refractivity contribution is -0.138. The fourth-order valence-corrected chi connectivity index (χ4v) is 5.55. The van der Waals surface area contributed by atoms with Gasteiger partial charge in [-0.15, -0.1) is 0 Å². The van der Waals surface area contributed by atoms with E-state index in [1.165, 1.54) is 5.56 Å². The van der Waals surface area contributed by atoms with E-state index in [4.69, 9.17) is 0 Å². The minimum atomic E-state index is -0.309. The number of carbonyl (C=O) groups excluding carboxylic acids is 3. The number of fused-ring (bicyclic) bond motifs is 1. The number of piperidine rings is 1. The van der Waals surface area contributed by atoms with E-state index in [1.807, 2.05) is 59.2 Å². The first-order chi connectivity index (χ1) is 15.9. The topological polar surface area (TPSA) is 60.9 Å². The van der Waals surface area contributed by atoms with Gasteiger partial charge in [-0.2, -0.15) is 0 Å². The fourth-order valence-electron chi connectivity index (χ4n) is 5.55. The maximum atomic E-state index is 13.3. The molecule has 3 aliphatic rings. The zero-order chi connectivity index (χ0) is 23.1. The van der Waals surface area contributed by atoms with E-state index in [2.05, 4.69) is 13.0 Å². The van der Waals surface area contributed by atoms with Crippen LogP contribution >= 0.6 is 0 Å². The molecule has 33 heavy (non-hydrogen) atoms. The van der Waals surface area contributed by atoms with Gasteiger partial charge < -0.3 is 14.7 Å². The number of para-hydroxylation sites is 1. The molecule has 3 amide bonds. The van der Waals surface area contributed by atoms with E-state index in [0.29, 0.717) is 32.5 Å². The average Bonchev–Trinajstić information content (AvgIpc) is 3.38. The van der Waals surface area contributed by atoms with Gasteiger partial charge in [0.2, 0.25) is 17.7 Å². The maximum Gasteiger partial charge on any atom is 0.230 e. The lowest BCUT2D eigenvalue weighted by Crippen LogP contribution is -2.47. The van der Waals surface area contributed by atoms with Crippen LogP contribution in [0.3, 0.4) is 0 Å². The van der Waals surface area contributed by atoms with Crippen molar-refractivity contribution in [3.05, 3.63) is 59.7 Å². The van der Waals surface area contributed by atoms with Crippen LogP contribution in [0.25, 0.3) is 0 Å². The molecule has 0 aliphatic carbocycles. The Morgan fingerprint density at radius 2 is 1.58 bits per heavy atom. The molecule has 0 aromatic heterocycles. The molecule has 0 spiro atoms. The summed E-state index contributed by atoms with van der Waals surface area (Å²) in [4.78, 5) is 44.7. The highest BCUT2D eigenvalue weighted by atomic mass is 16.2. The van der Waals surface area contributed by atoms with Crippen LogP contribution in [0.4, 0.5) is 11.4 Å². The van der Waals surface area contributed by atoms with Gasteiger partial charge in [0, 0.05) is 49.4 Å². The van der Waals surface area contributed by atoms with Crippen LogP contribution in [0, 0.1) is 18.8 Å². The number of amides is 3. The molecule has 2 aromatic carbocycles. The Balaban J connectivity index is 1.19. The van der Waals surface area contributed by atoms with E-state index in [-0.39, 0.29) is 42.0 Å². The molecule has 0 bridgehead atoms. The van der Waals surface area contributed by atoms with E-state index < -0.39 is 0 Å². The fraction of sp³-hybridized carbons (Fsp3) is 0.444. The Bertz CT molecular complexity index is 1070. The largest absolute Gasteiger partial charge is 0.342 e. The number of nitrogens with zero attached hydrogens (tertiary/aromatic N) is 3. The lowest BCUT2D eigenvalue weighted by Gasteiger charge is -2.35. The minimum Gasteiger partial charge on any atom is -0.342 e. The third-order valence-electron chi connectivity index (χ3n) is 7.42. The number of likely N-dealkylation sites (tertiary alicyclic amines) is 1. The van der Waals surface area contributed by atoms with Crippen LogP contribution < -0.4 is 9.80 Å². The van der Waals surface area contributed by atoms with Crippen molar-refractivity contribution >= 4 is 29.1 Å². The van der Waals surface area contributed by atoms with Gasteiger partial charge >= 0.3 is 0 Å². The molecule has 3 heterocycles. The third kappa shape index (κ3) is 4.03. The number of aryl methyl sites for hydroxylation is 1. The Hall–Kier alpha value is -3.15. The molecule has 2 saturated heterocycles. The van der Waals surface area contributed by atoms with Crippen LogP contribution in [0.15, 0.2) is 48.5 Å². The maximum absolute atomic E-state index is 13.3. The van der Waals surface area contributed by atoms with Crippen molar-refractivity contribution in [2.75, 3.05) is 29.4 Å². The second-order valence-electron chi connectivity index (χ2n) is 9.73. The first-order valence-electron chi connectivity index (χ1n) is 12.0. The summed E-state index contributed by atoms with van der Waals surface area (Å²) in [5.41, 5.74) is 4.26. The van der Waals surface area contributed by atoms with Crippen LogP contribution in [-0.2, 0) is 20.8 Å². The number of hydrogen-bond acceptors (Lipinski definition) is 3. The molecular formula is C27H31N3O3. The van der Waals surface area contributed by atoms with Gasteiger partial charge in [-0.3, -0.25) is 14.4 Å². The standard InChI is InChI=1S/C27H31N3O3/c1-18-7-9-23(10-8-18)29-17-22(16-25(29)31)26(32)28-13-11-20(12-14-28)27(33)30-19(2)15-21-5-3-4-6-24(21)30/h3-10,19-20,22H,11-17H2,1-2H3. The van der Waals surface area contributed by atoms with Gasteiger partial charge in [0.05, 0.1) is 5.92 Å². The molecule has 6 heteroatoms. The molecule has 2 atom stereocenters. The summed E-state index contributed by atoms with van der Waals surface area (Å²) in [6, 6.07) is 16.2. The van der Waals surface area contributed by atoms with Crippen molar-refractivity contribution in [1.82, 2.24) is 4.90 Å². The number of hydrogen-bond donors (Lipinski definition) is 0. The number of rotatable bonds is 3. The van der Waals surface area contributed by atoms with E-state index in [0.717, 1.165) is 23.4 Å². The van der Waals surface area contributed by atoms with Gasteiger partial charge in [-0.1, -0.05) is 35.9 Å². The molecule has 0 N–H and O–H groups in total. The quantitative estimate of drug-likeness (QED) is 0.726. The molecular weight excluding hydrogens is 414 g/mol. The van der Waals surface area contributed by atoms with Gasteiger partial charge in [-0.25, -0.2) is 0 Å². The summed E-state index contributed by atoms with van der Waals surface area (Å²) in [5.74, 6) is -0.137. The number of anilines is 2. The van der Waals surface area contributed by atoms with Crippen molar-refractivity contribution < 1.29 is 14.4 Å². The van der Waals surface area contributed by atoms with Crippen LogP contribution in [0.2, 0.25) is 0 Å². The molecule has 0 saturated carbocycles. The van der Waals surface area contributed by atoms with Crippen molar-refractivity contribution in [3.63, 3.8) is 0 Å². The van der Waals surface area contributed by atoms with Crippen LogP contribution in [0.5, 0.6) is 0 Å². The third-order valence-corrected chi connectivity index (χ3v) is 7.42. The van der Waals surface area contributed by atoms with Gasteiger partial charge in [-0.05, 0) is 56.9 Å². The van der Waals surface area contributed by atoms with Crippen molar-refractivity contribution in [1.29, 1.82) is 0 Å². The van der Waals surface area contributed by atoms with Crippen LogP contribution in [-0.4, -0.2) is 48.3 Å². The van der Waals surface area contributed by atoms with E-state index in [1.54, 1.807) is 4.90 Å². The Kier molecular flexibility index (Phi) is 5.69. The van der Waals surface area contributed by atoms with Gasteiger partial charge in [0.15, 0.2) is 0 Å². The molecule has 0 radical (unpaired) electrons. The second-order valence-corrected chi connectivity index (χ2v) is 9.73. The summed E-state index contributed by atoms with van der Waals surface area (Å²) < 4.78 is 0. The molecule has 5 rings (SSSR count). The summed E-state index contributed by atoms with van der Waals surface area (Å²) in [7, 11) is 0. The highest BCUT2D eigenvalue weighted by Gasteiger charge is 2.40. The normalized spacial score (nSPS) is 23.2. The number of benzene rings is 2.